The first-order chi connectivity index (χ1) is 10.5. The Kier molecular flexibility index (Phi) is 4.73. The van der Waals surface area contributed by atoms with E-state index in [9.17, 15) is 14.9 Å². The third-order valence-corrected chi connectivity index (χ3v) is 3.12. The van der Waals surface area contributed by atoms with E-state index in [0.717, 1.165) is 11.1 Å². The summed E-state index contributed by atoms with van der Waals surface area (Å²) in [4.78, 5) is 21.9. The molecule has 2 aromatic rings. The summed E-state index contributed by atoms with van der Waals surface area (Å²) in [6, 6.07) is 11.4. The molecule has 0 unspecified atom stereocenters. The van der Waals surface area contributed by atoms with E-state index in [1.807, 2.05) is 32.0 Å². The van der Waals surface area contributed by atoms with Crippen LogP contribution in [-0.2, 0) is 4.79 Å². The SMILES string of the molecule is Cc1cccc(C)c1OCC(=O)Nc1ccc([N+](=O)[O-])cc1. The van der Waals surface area contributed by atoms with E-state index >= 15 is 0 Å². The monoisotopic (exact) mass is 300 g/mol. The summed E-state index contributed by atoms with van der Waals surface area (Å²) in [6.45, 7) is 3.70. The Morgan fingerprint density at radius 3 is 2.27 bits per heavy atom. The van der Waals surface area contributed by atoms with Crippen molar-refractivity contribution in [1.29, 1.82) is 0 Å². The number of amides is 1. The van der Waals surface area contributed by atoms with Crippen molar-refractivity contribution in [2.75, 3.05) is 11.9 Å². The van der Waals surface area contributed by atoms with Gasteiger partial charge in [-0.05, 0) is 37.1 Å². The van der Waals surface area contributed by atoms with Crippen LogP contribution in [0.15, 0.2) is 42.5 Å². The van der Waals surface area contributed by atoms with Crippen LogP contribution >= 0.6 is 0 Å². The number of nitrogens with one attached hydrogen (secondary N) is 1. The van der Waals surface area contributed by atoms with Crippen LogP contribution in [0.5, 0.6) is 5.75 Å². The van der Waals surface area contributed by atoms with E-state index in [1.165, 1.54) is 24.3 Å². The van der Waals surface area contributed by atoms with Crippen LogP contribution in [0.2, 0.25) is 0 Å². The van der Waals surface area contributed by atoms with Crippen LogP contribution in [-0.4, -0.2) is 17.4 Å². The van der Waals surface area contributed by atoms with Crippen molar-refractivity contribution >= 4 is 17.3 Å². The number of ether oxygens (including phenoxy) is 1. The number of aryl methyl sites for hydroxylation is 2. The molecule has 6 nitrogen and oxygen atoms in total. The zero-order valence-electron chi connectivity index (χ0n) is 12.3. The van der Waals surface area contributed by atoms with Gasteiger partial charge in [0.2, 0.25) is 0 Å². The second-order valence-electron chi connectivity index (χ2n) is 4.86. The number of nitro benzene ring substituents is 1. The summed E-state index contributed by atoms with van der Waals surface area (Å²) in [5, 5.41) is 13.2. The van der Waals surface area contributed by atoms with Crippen LogP contribution in [0.25, 0.3) is 0 Å². The normalized spacial score (nSPS) is 10.1. The van der Waals surface area contributed by atoms with E-state index in [2.05, 4.69) is 5.32 Å². The number of carbonyl (C=O) groups is 1. The predicted octanol–water partition coefficient (Wildman–Crippen LogP) is 3.23. The lowest BCUT2D eigenvalue weighted by Crippen LogP contribution is -2.20. The molecule has 0 saturated carbocycles. The van der Waals surface area contributed by atoms with Gasteiger partial charge in [0.25, 0.3) is 11.6 Å². The van der Waals surface area contributed by atoms with Crippen LogP contribution < -0.4 is 10.1 Å². The van der Waals surface area contributed by atoms with Crippen LogP contribution in [0.4, 0.5) is 11.4 Å². The minimum Gasteiger partial charge on any atom is -0.483 e. The Morgan fingerprint density at radius 1 is 1.14 bits per heavy atom. The fourth-order valence-corrected chi connectivity index (χ4v) is 2.03. The Morgan fingerprint density at radius 2 is 1.73 bits per heavy atom. The molecule has 2 aromatic carbocycles. The van der Waals surface area contributed by atoms with Crippen molar-refractivity contribution in [2.45, 2.75) is 13.8 Å². The zero-order chi connectivity index (χ0) is 16.1. The third-order valence-electron chi connectivity index (χ3n) is 3.12. The van der Waals surface area contributed by atoms with Crippen molar-refractivity contribution in [3.05, 3.63) is 63.7 Å². The summed E-state index contributed by atoms with van der Waals surface area (Å²) >= 11 is 0. The Hall–Kier alpha value is -2.89. The quantitative estimate of drug-likeness (QED) is 0.679. The highest BCUT2D eigenvalue weighted by molar-refractivity contribution is 5.92. The van der Waals surface area contributed by atoms with Gasteiger partial charge >= 0.3 is 0 Å². The molecule has 0 atom stereocenters. The Balaban J connectivity index is 1.94. The van der Waals surface area contributed by atoms with Crippen molar-refractivity contribution < 1.29 is 14.5 Å². The van der Waals surface area contributed by atoms with Gasteiger partial charge in [-0.2, -0.15) is 0 Å². The summed E-state index contributed by atoms with van der Waals surface area (Å²) in [7, 11) is 0. The molecule has 0 aliphatic carbocycles. The summed E-state index contributed by atoms with van der Waals surface area (Å²) < 4.78 is 5.54. The van der Waals surface area contributed by atoms with Gasteiger partial charge in [0.15, 0.2) is 6.61 Å². The van der Waals surface area contributed by atoms with Gasteiger partial charge in [-0.15, -0.1) is 0 Å². The molecule has 114 valence electrons. The highest BCUT2D eigenvalue weighted by Gasteiger charge is 2.09. The molecule has 2 rings (SSSR count). The molecule has 1 amide bonds. The highest BCUT2D eigenvalue weighted by atomic mass is 16.6. The van der Waals surface area contributed by atoms with Crippen molar-refractivity contribution in [3.8, 4) is 5.75 Å². The molecule has 22 heavy (non-hydrogen) atoms. The fraction of sp³-hybridized carbons (Fsp3) is 0.188. The summed E-state index contributed by atoms with van der Waals surface area (Å²) in [6.07, 6.45) is 0. The first kappa shape index (κ1) is 15.5. The van der Waals surface area contributed by atoms with Gasteiger partial charge in [-0.1, -0.05) is 18.2 Å². The van der Waals surface area contributed by atoms with Gasteiger partial charge in [0, 0.05) is 17.8 Å². The van der Waals surface area contributed by atoms with E-state index < -0.39 is 4.92 Å². The molecule has 0 heterocycles. The van der Waals surface area contributed by atoms with Crippen LogP contribution in [0.3, 0.4) is 0 Å². The largest absolute Gasteiger partial charge is 0.483 e. The maximum atomic E-state index is 11.9. The minimum atomic E-state index is -0.490. The maximum Gasteiger partial charge on any atom is 0.269 e. The van der Waals surface area contributed by atoms with Gasteiger partial charge in [-0.3, -0.25) is 14.9 Å². The van der Waals surface area contributed by atoms with Gasteiger partial charge in [0.1, 0.15) is 5.75 Å². The second-order valence-corrected chi connectivity index (χ2v) is 4.86. The van der Waals surface area contributed by atoms with Crippen LogP contribution in [0.1, 0.15) is 11.1 Å². The number of non-ortho nitro benzene ring substituents is 1. The van der Waals surface area contributed by atoms with Gasteiger partial charge in [-0.25, -0.2) is 0 Å². The zero-order valence-corrected chi connectivity index (χ0v) is 12.3. The summed E-state index contributed by atoms with van der Waals surface area (Å²) in [5.74, 6) is 0.373. The lowest BCUT2D eigenvalue weighted by molar-refractivity contribution is -0.384. The number of hydrogen-bond donors (Lipinski definition) is 1. The Bertz CT molecular complexity index is 676. The van der Waals surface area contributed by atoms with E-state index in [0.29, 0.717) is 11.4 Å². The van der Waals surface area contributed by atoms with E-state index in [1.54, 1.807) is 0 Å². The molecule has 0 saturated heterocycles. The first-order valence-corrected chi connectivity index (χ1v) is 6.70. The van der Waals surface area contributed by atoms with Crippen LogP contribution in [0, 0.1) is 24.0 Å². The molecule has 0 bridgehead atoms. The molecule has 0 radical (unpaired) electrons. The van der Waals surface area contributed by atoms with Crippen molar-refractivity contribution in [3.63, 3.8) is 0 Å². The number of benzene rings is 2. The lowest BCUT2D eigenvalue weighted by atomic mass is 10.1. The molecule has 0 fully saturated rings. The maximum absolute atomic E-state index is 11.9. The molecule has 0 spiro atoms. The number of nitro groups is 1. The smallest absolute Gasteiger partial charge is 0.269 e. The molecule has 0 aromatic heterocycles. The van der Waals surface area contributed by atoms with Crippen molar-refractivity contribution in [2.24, 2.45) is 0 Å². The average Bonchev–Trinajstić information content (AvgIpc) is 2.47. The number of carbonyl (C=O) groups excluding carboxylic acids is 1. The number of nitrogens with zero attached hydrogens (tertiary/aromatic N) is 1. The summed E-state index contributed by atoms with van der Waals surface area (Å²) in [5.41, 5.74) is 2.39. The lowest BCUT2D eigenvalue weighted by Gasteiger charge is -2.11. The third kappa shape index (κ3) is 3.82. The average molecular weight is 300 g/mol. The van der Waals surface area contributed by atoms with Gasteiger partial charge < -0.3 is 10.1 Å². The highest BCUT2D eigenvalue weighted by Crippen LogP contribution is 2.22. The molecule has 6 heteroatoms. The minimum absolute atomic E-state index is 0.0233. The standard InChI is InChI=1S/C16H16N2O4/c1-11-4-3-5-12(2)16(11)22-10-15(19)17-13-6-8-14(9-7-13)18(20)21/h3-9H,10H2,1-2H3,(H,17,19). The number of anilines is 1. The van der Waals surface area contributed by atoms with E-state index in [4.69, 9.17) is 4.74 Å². The second kappa shape index (κ2) is 6.71. The predicted molar refractivity (Wildman–Crippen MR) is 83.1 cm³/mol. The first-order valence-electron chi connectivity index (χ1n) is 6.70. The molecule has 0 aliphatic rings. The molecular formula is C16H16N2O4. The fourth-order valence-electron chi connectivity index (χ4n) is 2.03. The molecule has 1 N–H and O–H groups in total. The number of para-hydroxylation sites is 1. The van der Waals surface area contributed by atoms with E-state index in [-0.39, 0.29) is 18.2 Å². The molecular weight excluding hydrogens is 284 g/mol. The number of hydrogen-bond acceptors (Lipinski definition) is 4. The number of rotatable bonds is 5. The Labute approximate surface area is 127 Å². The van der Waals surface area contributed by atoms with Gasteiger partial charge in [0.05, 0.1) is 4.92 Å². The van der Waals surface area contributed by atoms with Crippen molar-refractivity contribution in [1.82, 2.24) is 0 Å². The topological polar surface area (TPSA) is 81.5 Å². The molecule has 0 aliphatic heterocycles.